The molecule has 0 aliphatic carbocycles. The van der Waals surface area contributed by atoms with E-state index >= 15 is 0 Å². The van der Waals surface area contributed by atoms with Crippen LogP contribution in [0.2, 0.25) is 0 Å². The van der Waals surface area contributed by atoms with Gasteiger partial charge in [0.25, 0.3) is 0 Å². The summed E-state index contributed by atoms with van der Waals surface area (Å²) in [5, 5.41) is 3.75. The van der Waals surface area contributed by atoms with Crippen LogP contribution in [-0.4, -0.2) is 25.2 Å². The Balaban J connectivity index is 2.32. The lowest BCUT2D eigenvalue weighted by molar-refractivity contribution is 0.233. The van der Waals surface area contributed by atoms with Crippen LogP contribution < -0.4 is 10.2 Å². The molecule has 2 heteroatoms. The number of nitrogens with one attached hydrogen (secondary N) is 1. The molecule has 1 aliphatic heterocycles. The van der Waals surface area contributed by atoms with Crippen LogP contribution in [0.5, 0.6) is 0 Å². The van der Waals surface area contributed by atoms with Crippen molar-refractivity contribution in [2.45, 2.75) is 60.0 Å². The van der Waals surface area contributed by atoms with Crippen molar-refractivity contribution in [3.8, 4) is 0 Å². The van der Waals surface area contributed by atoms with Crippen LogP contribution in [0.1, 0.15) is 45.2 Å². The Morgan fingerprint density at radius 3 is 2.55 bits per heavy atom. The normalized spacial score (nSPS) is 24.0. The van der Waals surface area contributed by atoms with Crippen LogP contribution in [0.4, 0.5) is 5.69 Å². The Kier molecular flexibility index (Phi) is 4.43. The van der Waals surface area contributed by atoms with Gasteiger partial charge in [-0.25, -0.2) is 0 Å². The van der Waals surface area contributed by atoms with E-state index in [1.807, 2.05) is 0 Å². The summed E-state index contributed by atoms with van der Waals surface area (Å²) in [5.41, 5.74) is 4.47. The number of rotatable bonds is 2. The Bertz CT molecular complexity index is 459. The van der Waals surface area contributed by atoms with Crippen LogP contribution in [0.3, 0.4) is 0 Å². The SMILES string of the molecule is CCC1CNC(C(C)(C)C)CN1c1cc(C)ccc1C. The van der Waals surface area contributed by atoms with Crippen LogP contribution in [-0.2, 0) is 0 Å². The highest BCUT2D eigenvalue weighted by Crippen LogP contribution is 2.30. The van der Waals surface area contributed by atoms with Crippen LogP contribution >= 0.6 is 0 Å². The molecule has 1 fully saturated rings. The van der Waals surface area contributed by atoms with E-state index in [2.05, 4.69) is 70.0 Å². The molecule has 0 bridgehead atoms. The summed E-state index contributed by atoms with van der Waals surface area (Å²) in [6.07, 6.45) is 1.19. The molecule has 1 aliphatic rings. The first kappa shape index (κ1) is 15.4. The Hall–Kier alpha value is -1.02. The molecule has 2 atom stereocenters. The number of benzene rings is 1. The van der Waals surface area contributed by atoms with E-state index in [1.165, 1.54) is 23.2 Å². The Labute approximate surface area is 124 Å². The Morgan fingerprint density at radius 1 is 1.25 bits per heavy atom. The van der Waals surface area contributed by atoms with Gasteiger partial charge in [0.15, 0.2) is 0 Å². The lowest BCUT2D eigenvalue weighted by Gasteiger charge is -2.46. The summed E-state index contributed by atoms with van der Waals surface area (Å²) in [7, 11) is 0. The van der Waals surface area contributed by atoms with Crippen molar-refractivity contribution in [2.24, 2.45) is 5.41 Å². The first-order valence-corrected chi connectivity index (χ1v) is 7.90. The zero-order chi connectivity index (χ0) is 14.9. The number of piperazine rings is 1. The van der Waals surface area contributed by atoms with E-state index in [9.17, 15) is 0 Å². The molecule has 0 radical (unpaired) electrons. The first-order valence-electron chi connectivity index (χ1n) is 7.90. The van der Waals surface area contributed by atoms with E-state index < -0.39 is 0 Å². The molecule has 0 aromatic heterocycles. The van der Waals surface area contributed by atoms with E-state index in [0.29, 0.717) is 17.5 Å². The molecule has 1 heterocycles. The summed E-state index contributed by atoms with van der Waals surface area (Å²) in [4.78, 5) is 2.63. The van der Waals surface area contributed by atoms with Crippen molar-refractivity contribution in [3.63, 3.8) is 0 Å². The molecule has 1 saturated heterocycles. The van der Waals surface area contributed by atoms with Crippen LogP contribution in [0.25, 0.3) is 0 Å². The highest BCUT2D eigenvalue weighted by atomic mass is 15.2. The predicted molar refractivity (Wildman–Crippen MR) is 88.6 cm³/mol. The zero-order valence-corrected chi connectivity index (χ0v) is 14.0. The molecule has 1 N–H and O–H groups in total. The topological polar surface area (TPSA) is 15.3 Å². The van der Waals surface area contributed by atoms with Crippen LogP contribution in [0, 0.1) is 19.3 Å². The molecule has 2 nitrogen and oxygen atoms in total. The van der Waals surface area contributed by atoms with Gasteiger partial charge in [-0.05, 0) is 42.9 Å². The van der Waals surface area contributed by atoms with Gasteiger partial charge in [-0.3, -0.25) is 0 Å². The molecular formula is C18H30N2. The minimum absolute atomic E-state index is 0.300. The van der Waals surface area contributed by atoms with Crippen molar-refractivity contribution in [1.29, 1.82) is 0 Å². The lowest BCUT2D eigenvalue weighted by Crippen LogP contribution is -2.60. The highest BCUT2D eigenvalue weighted by molar-refractivity contribution is 5.56. The average molecular weight is 274 g/mol. The van der Waals surface area contributed by atoms with Crippen molar-refractivity contribution in [2.75, 3.05) is 18.0 Å². The van der Waals surface area contributed by atoms with Gasteiger partial charge >= 0.3 is 0 Å². The fraction of sp³-hybridized carbons (Fsp3) is 0.667. The summed E-state index contributed by atoms with van der Waals surface area (Å²) in [6.45, 7) is 15.9. The number of aryl methyl sites for hydroxylation is 2. The average Bonchev–Trinajstić information content (AvgIpc) is 2.40. The van der Waals surface area contributed by atoms with Crippen molar-refractivity contribution in [3.05, 3.63) is 29.3 Å². The largest absolute Gasteiger partial charge is 0.365 e. The van der Waals surface area contributed by atoms with E-state index in [-0.39, 0.29) is 0 Å². The number of hydrogen-bond acceptors (Lipinski definition) is 2. The minimum atomic E-state index is 0.300. The zero-order valence-electron chi connectivity index (χ0n) is 14.0. The van der Waals surface area contributed by atoms with Gasteiger partial charge in [0.1, 0.15) is 0 Å². The molecule has 2 rings (SSSR count). The second kappa shape index (κ2) is 5.77. The molecule has 2 unspecified atom stereocenters. The first-order chi connectivity index (χ1) is 9.32. The fourth-order valence-corrected chi connectivity index (χ4v) is 3.07. The number of nitrogens with zero attached hydrogens (tertiary/aromatic N) is 1. The molecule has 1 aromatic carbocycles. The maximum atomic E-state index is 3.75. The van der Waals surface area contributed by atoms with Gasteiger partial charge in [0.2, 0.25) is 0 Å². The Morgan fingerprint density at radius 2 is 1.95 bits per heavy atom. The standard InChI is InChI=1S/C18H30N2/c1-7-15-11-19-17(18(4,5)6)12-20(15)16-10-13(2)8-9-14(16)3/h8-10,15,17,19H,7,11-12H2,1-6H3. The third kappa shape index (κ3) is 3.17. The molecular weight excluding hydrogens is 244 g/mol. The molecule has 0 saturated carbocycles. The summed E-state index contributed by atoms with van der Waals surface area (Å²) < 4.78 is 0. The van der Waals surface area contributed by atoms with Crippen molar-refractivity contribution < 1.29 is 0 Å². The van der Waals surface area contributed by atoms with Gasteiger partial charge in [0, 0.05) is 30.9 Å². The highest BCUT2D eigenvalue weighted by Gasteiger charge is 2.33. The lowest BCUT2D eigenvalue weighted by atomic mass is 9.84. The summed E-state index contributed by atoms with van der Waals surface area (Å²) in [5.74, 6) is 0. The van der Waals surface area contributed by atoms with E-state index in [0.717, 1.165) is 13.1 Å². The van der Waals surface area contributed by atoms with Crippen LogP contribution in [0.15, 0.2) is 18.2 Å². The van der Waals surface area contributed by atoms with Gasteiger partial charge in [-0.1, -0.05) is 39.8 Å². The number of hydrogen-bond donors (Lipinski definition) is 1. The van der Waals surface area contributed by atoms with E-state index in [1.54, 1.807) is 0 Å². The van der Waals surface area contributed by atoms with E-state index in [4.69, 9.17) is 0 Å². The monoisotopic (exact) mass is 274 g/mol. The predicted octanol–water partition coefficient (Wildman–Crippen LogP) is 3.91. The smallest absolute Gasteiger partial charge is 0.0412 e. The summed E-state index contributed by atoms with van der Waals surface area (Å²) in [6, 6.07) is 7.97. The van der Waals surface area contributed by atoms with Gasteiger partial charge in [-0.15, -0.1) is 0 Å². The maximum Gasteiger partial charge on any atom is 0.0412 e. The third-order valence-corrected chi connectivity index (χ3v) is 4.61. The molecule has 0 spiro atoms. The maximum absolute atomic E-state index is 3.75. The third-order valence-electron chi connectivity index (χ3n) is 4.61. The van der Waals surface area contributed by atoms with Gasteiger partial charge in [0.05, 0.1) is 0 Å². The summed E-state index contributed by atoms with van der Waals surface area (Å²) >= 11 is 0. The fourth-order valence-electron chi connectivity index (χ4n) is 3.07. The molecule has 0 amide bonds. The van der Waals surface area contributed by atoms with Crippen molar-refractivity contribution >= 4 is 5.69 Å². The quantitative estimate of drug-likeness (QED) is 0.879. The van der Waals surface area contributed by atoms with Gasteiger partial charge < -0.3 is 10.2 Å². The van der Waals surface area contributed by atoms with Gasteiger partial charge in [-0.2, -0.15) is 0 Å². The number of anilines is 1. The van der Waals surface area contributed by atoms with Crippen molar-refractivity contribution in [1.82, 2.24) is 5.32 Å². The second-order valence-corrected chi connectivity index (χ2v) is 7.33. The molecule has 20 heavy (non-hydrogen) atoms. The molecule has 112 valence electrons. The minimum Gasteiger partial charge on any atom is -0.365 e. The second-order valence-electron chi connectivity index (χ2n) is 7.33. The molecule has 1 aromatic rings.